The third kappa shape index (κ3) is 9.92. The fourth-order valence-electron chi connectivity index (χ4n) is 4.45. The van der Waals surface area contributed by atoms with Crippen LogP contribution in [0.25, 0.3) is 10.9 Å². The molecule has 0 radical (unpaired) electrons. The normalized spacial score (nSPS) is 14.3. The van der Waals surface area contributed by atoms with Crippen molar-refractivity contribution in [2.75, 3.05) is 13.1 Å². The average Bonchev–Trinajstić information content (AvgIpc) is 3.33. The topological polar surface area (TPSA) is 218 Å². The fourth-order valence-corrected chi connectivity index (χ4v) is 4.45. The number of carboxylic acid groups (broad SMARTS) is 1. The Balaban J connectivity index is 2.23. The van der Waals surface area contributed by atoms with Gasteiger partial charge in [-0.15, -0.1) is 0 Å². The summed E-state index contributed by atoms with van der Waals surface area (Å²) in [6, 6.07) is 3.62. The molecule has 12 heteroatoms. The molecule has 2 aromatic rings. The summed E-state index contributed by atoms with van der Waals surface area (Å²) in [6.07, 6.45) is 5.15. The van der Waals surface area contributed by atoms with Crippen molar-refractivity contribution in [3.8, 4) is 0 Å². The van der Waals surface area contributed by atoms with Crippen molar-refractivity contribution >= 4 is 34.6 Å². The number of hydrogen-bond acceptors (Lipinski definition) is 7. The molecular weight excluding hydrogens is 514 g/mol. The first-order chi connectivity index (χ1) is 19.1. The van der Waals surface area contributed by atoms with E-state index in [0.717, 1.165) is 22.9 Å². The van der Waals surface area contributed by atoms with Gasteiger partial charge in [0.15, 0.2) is 0 Å². The van der Waals surface area contributed by atoms with Crippen LogP contribution in [0, 0.1) is 5.92 Å². The Morgan fingerprint density at radius 3 is 2.10 bits per heavy atom. The third-order valence-corrected chi connectivity index (χ3v) is 6.85. The first kappa shape index (κ1) is 32.7. The zero-order chi connectivity index (χ0) is 29.7. The van der Waals surface area contributed by atoms with Crippen LogP contribution in [0.4, 0.5) is 0 Å². The molecule has 1 heterocycles. The van der Waals surface area contributed by atoms with Crippen molar-refractivity contribution in [2.45, 2.75) is 83.0 Å². The number of H-pyrrole nitrogens is 1. The number of fused-ring (bicyclic) bond motifs is 1. The number of aliphatic carboxylic acids is 1. The van der Waals surface area contributed by atoms with Gasteiger partial charge in [0.25, 0.3) is 0 Å². The van der Waals surface area contributed by atoms with Crippen molar-refractivity contribution in [2.24, 2.45) is 23.1 Å². The van der Waals surface area contributed by atoms with E-state index in [1.807, 2.05) is 24.3 Å². The van der Waals surface area contributed by atoms with Gasteiger partial charge in [-0.3, -0.25) is 14.4 Å². The van der Waals surface area contributed by atoms with Crippen LogP contribution in [0.2, 0.25) is 0 Å². The number of rotatable bonds is 18. The number of carboxylic acids is 1. The molecule has 40 heavy (non-hydrogen) atoms. The van der Waals surface area contributed by atoms with Crippen molar-refractivity contribution < 1.29 is 24.3 Å². The van der Waals surface area contributed by atoms with Gasteiger partial charge in [-0.05, 0) is 62.7 Å². The molecule has 0 spiro atoms. The van der Waals surface area contributed by atoms with Crippen molar-refractivity contribution in [1.29, 1.82) is 0 Å². The third-order valence-electron chi connectivity index (χ3n) is 6.85. The van der Waals surface area contributed by atoms with Crippen LogP contribution < -0.4 is 33.2 Å². The summed E-state index contributed by atoms with van der Waals surface area (Å²) in [5, 5.41) is 18.5. The van der Waals surface area contributed by atoms with E-state index >= 15 is 0 Å². The van der Waals surface area contributed by atoms with Gasteiger partial charge in [-0.1, -0.05) is 38.5 Å². The quantitative estimate of drug-likeness (QED) is 0.120. The standard InChI is InChI=1S/C28H45N7O5/c1-17(2)24(27(38)33-22(28(39)40)12-6-8-14-30)35-26(37)23(34-25(36)20(31)10-5-7-13-29)15-18-16-32-21-11-4-3-9-19(18)21/h3-4,9,11,16-17,20,22-24,32H,5-8,10,12-15,29-31H2,1-2H3,(H,33,38)(H,34,36)(H,35,37)(H,39,40). The summed E-state index contributed by atoms with van der Waals surface area (Å²) in [5.41, 5.74) is 18.8. The number of unbranched alkanes of at least 4 members (excludes halogenated alkanes) is 2. The van der Waals surface area contributed by atoms with Crippen molar-refractivity contribution in [1.82, 2.24) is 20.9 Å². The second-order valence-electron chi connectivity index (χ2n) is 10.4. The fraction of sp³-hybridized carbons (Fsp3) is 0.571. The number of aromatic amines is 1. The zero-order valence-corrected chi connectivity index (χ0v) is 23.4. The maximum atomic E-state index is 13.6. The van der Waals surface area contributed by atoms with Crippen LogP contribution in [-0.4, -0.2) is 71.0 Å². The summed E-state index contributed by atoms with van der Waals surface area (Å²) >= 11 is 0. The van der Waals surface area contributed by atoms with E-state index in [1.165, 1.54) is 0 Å². The molecule has 12 nitrogen and oxygen atoms in total. The molecule has 1 aromatic heterocycles. The summed E-state index contributed by atoms with van der Waals surface area (Å²) in [7, 11) is 0. The van der Waals surface area contributed by atoms with E-state index in [1.54, 1.807) is 20.0 Å². The van der Waals surface area contributed by atoms with E-state index in [9.17, 15) is 24.3 Å². The van der Waals surface area contributed by atoms with E-state index in [2.05, 4.69) is 20.9 Å². The summed E-state index contributed by atoms with van der Waals surface area (Å²) < 4.78 is 0. The number of amides is 3. The molecule has 0 saturated carbocycles. The van der Waals surface area contributed by atoms with Crippen LogP contribution in [-0.2, 0) is 25.6 Å². The molecule has 2 rings (SSSR count). The average molecular weight is 560 g/mol. The second-order valence-corrected chi connectivity index (χ2v) is 10.4. The lowest BCUT2D eigenvalue weighted by Gasteiger charge is -2.27. The molecule has 0 aliphatic heterocycles. The zero-order valence-electron chi connectivity index (χ0n) is 23.4. The first-order valence-corrected chi connectivity index (χ1v) is 13.9. The number of aromatic nitrogens is 1. The highest BCUT2D eigenvalue weighted by atomic mass is 16.4. The molecule has 0 aliphatic rings. The first-order valence-electron chi connectivity index (χ1n) is 13.9. The number of benzene rings is 1. The highest BCUT2D eigenvalue weighted by molar-refractivity contribution is 5.95. The van der Waals surface area contributed by atoms with Gasteiger partial charge in [0.2, 0.25) is 17.7 Å². The highest BCUT2D eigenvalue weighted by Crippen LogP contribution is 2.19. The van der Waals surface area contributed by atoms with Gasteiger partial charge < -0.3 is 43.2 Å². The Morgan fingerprint density at radius 2 is 1.48 bits per heavy atom. The largest absolute Gasteiger partial charge is 0.480 e. The molecule has 222 valence electrons. The van der Waals surface area contributed by atoms with Gasteiger partial charge in [0.05, 0.1) is 6.04 Å². The summed E-state index contributed by atoms with van der Waals surface area (Å²) in [4.78, 5) is 54.5. The van der Waals surface area contributed by atoms with Gasteiger partial charge in [-0.2, -0.15) is 0 Å². The molecule has 4 atom stereocenters. The molecule has 0 aliphatic carbocycles. The van der Waals surface area contributed by atoms with E-state index in [0.29, 0.717) is 38.8 Å². The molecule has 3 amide bonds. The Kier molecular flexibility index (Phi) is 13.6. The van der Waals surface area contributed by atoms with E-state index < -0.39 is 47.9 Å². The monoisotopic (exact) mass is 559 g/mol. The van der Waals surface area contributed by atoms with Crippen LogP contribution in [0.5, 0.6) is 0 Å². The molecule has 1 aromatic carbocycles. The number of carbonyl (C=O) groups is 4. The Bertz CT molecular complexity index is 1120. The molecule has 0 bridgehead atoms. The van der Waals surface area contributed by atoms with Gasteiger partial charge in [0.1, 0.15) is 18.1 Å². The molecule has 11 N–H and O–H groups in total. The van der Waals surface area contributed by atoms with Crippen LogP contribution in [0.15, 0.2) is 30.5 Å². The lowest BCUT2D eigenvalue weighted by atomic mass is 9.99. The Labute approximate surface area is 235 Å². The van der Waals surface area contributed by atoms with Gasteiger partial charge in [-0.25, -0.2) is 4.79 Å². The predicted molar refractivity (Wildman–Crippen MR) is 154 cm³/mol. The minimum atomic E-state index is -1.16. The maximum absolute atomic E-state index is 13.6. The van der Waals surface area contributed by atoms with E-state index in [-0.39, 0.29) is 18.8 Å². The number of carbonyl (C=O) groups excluding carboxylic acids is 3. The lowest BCUT2D eigenvalue weighted by Crippen LogP contribution is -2.58. The number of para-hydroxylation sites is 1. The predicted octanol–water partition coefficient (Wildman–Crippen LogP) is 0.491. The summed E-state index contributed by atoms with van der Waals surface area (Å²) in [6.45, 7) is 4.41. The van der Waals surface area contributed by atoms with Crippen LogP contribution >= 0.6 is 0 Å². The summed E-state index contributed by atoms with van der Waals surface area (Å²) in [5.74, 6) is -3.18. The highest BCUT2D eigenvalue weighted by Gasteiger charge is 2.32. The van der Waals surface area contributed by atoms with Gasteiger partial charge >= 0.3 is 5.97 Å². The number of nitrogens with two attached hydrogens (primary N) is 3. The molecular formula is C28H45N7O5. The Morgan fingerprint density at radius 1 is 0.850 bits per heavy atom. The smallest absolute Gasteiger partial charge is 0.326 e. The maximum Gasteiger partial charge on any atom is 0.326 e. The minimum absolute atomic E-state index is 0.153. The van der Waals surface area contributed by atoms with Crippen molar-refractivity contribution in [3.63, 3.8) is 0 Å². The Hall–Kier alpha value is -3.48. The second kappa shape index (κ2) is 16.6. The SMILES string of the molecule is CC(C)C(NC(=O)C(Cc1c[nH]c2ccccc12)NC(=O)C(N)CCCCN)C(=O)NC(CCCCN)C(=O)O. The van der Waals surface area contributed by atoms with Gasteiger partial charge in [0, 0.05) is 23.5 Å². The molecule has 4 unspecified atom stereocenters. The molecule has 0 saturated heterocycles. The van der Waals surface area contributed by atoms with Crippen LogP contribution in [0.3, 0.4) is 0 Å². The van der Waals surface area contributed by atoms with Crippen molar-refractivity contribution in [3.05, 3.63) is 36.0 Å². The lowest BCUT2D eigenvalue weighted by molar-refractivity contribution is -0.142. The van der Waals surface area contributed by atoms with E-state index in [4.69, 9.17) is 17.2 Å². The minimum Gasteiger partial charge on any atom is -0.480 e. The number of nitrogens with one attached hydrogen (secondary N) is 4. The number of hydrogen-bond donors (Lipinski definition) is 8. The van der Waals surface area contributed by atoms with Crippen LogP contribution in [0.1, 0.15) is 57.9 Å². The molecule has 0 fully saturated rings.